The predicted octanol–water partition coefficient (Wildman–Crippen LogP) is 5.47. The molecular weight excluding hydrogens is 509 g/mol. The Labute approximate surface area is 202 Å². The number of carboxylic acids is 1. The summed E-state index contributed by atoms with van der Waals surface area (Å²) < 4.78 is 101. The van der Waals surface area contributed by atoms with Crippen molar-refractivity contribution in [2.75, 3.05) is 10.8 Å². The molecule has 0 amide bonds. The molecule has 0 bridgehead atoms. The molecule has 3 aromatic carbocycles. The molecule has 36 heavy (non-hydrogen) atoms. The lowest BCUT2D eigenvalue weighted by Crippen LogP contribution is -2.43. The van der Waals surface area contributed by atoms with E-state index in [2.05, 4.69) is 0 Å². The second-order valence-corrected chi connectivity index (χ2v) is 9.90. The standard InChI is InChI=1S/C24H18F5NO5S/c25-16-5-7-20(26)19(12-16)14-4-8-22-21(10-14)30(13-17(35-22)6-9-23(31)32)36(33,34)18-3-1-2-15(11-18)24(27,28)29/h1-5,7-8,10-12,17H,6,9,13H2,(H,31,32)/t17-/m0/s1. The van der Waals surface area contributed by atoms with Crippen molar-refractivity contribution in [1.29, 1.82) is 0 Å². The summed E-state index contributed by atoms with van der Waals surface area (Å²) in [6.45, 7) is -0.409. The topological polar surface area (TPSA) is 83.9 Å². The van der Waals surface area contributed by atoms with Gasteiger partial charge in [-0.1, -0.05) is 12.1 Å². The molecule has 3 aromatic rings. The van der Waals surface area contributed by atoms with Gasteiger partial charge in [0, 0.05) is 12.0 Å². The molecular formula is C24H18F5NO5S. The number of alkyl halides is 3. The van der Waals surface area contributed by atoms with E-state index >= 15 is 0 Å². The third kappa shape index (κ3) is 5.13. The van der Waals surface area contributed by atoms with Crippen LogP contribution in [0.3, 0.4) is 0 Å². The molecule has 0 aromatic heterocycles. The fraction of sp³-hybridized carbons (Fsp3) is 0.208. The van der Waals surface area contributed by atoms with Crippen LogP contribution < -0.4 is 9.04 Å². The Kier molecular flexibility index (Phi) is 6.65. The van der Waals surface area contributed by atoms with Crippen LogP contribution in [0.25, 0.3) is 11.1 Å². The summed E-state index contributed by atoms with van der Waals surface area (Å²) in [5, 5.41) is 9.00. The van der Waals surface area contributed by atoms with Gasteiger partial charge in [0.05, 0.1) is 22.7 Å². The van der Waals surface area contributed by atoms with Crippen molar-refractivity contribution in [3.8, 4) is 16.9 Å². The van der Waals surface area contributed by atoms with Crippen molar-refractivity contribution in [3.63, 3.8) is 0 Å². The smallest absolute Gasteiger partial charge is 0.416 e. The largest absolute Gasteiger partial charge is 0.486 e. The normalized spacial score (nSPS) is 15.8. The fourth-order valence-corrected chi connectivity index (χ4v) is 5.37. The highest BCUT2D eigenvalue weighted by Crippen LogP contribution is 2.41. The highest BCUT2D eigenvalue weighted by Gasteiger charge is 2.37. The molecule has 1 atom stereocenters. The minimum absolute atomic E-state index is 0.00671. The molecule has 12 heteroatoms. The van der Waals surface area contributed by atoms with Gasteiger partial charge < -0.3 is 9.84 Å². The molecule has 1 aliphatic rings. The summed E-state index contributed by atoms with van der Waals surface area (Å²) in [6.07, 6.45) is -6.14. The van der Waals surface area contributed by atoms with Gasteiger partial charge in [-0.15, -0.1) is 0 Å². The number of aliphatic carboxylic acids is 1. The number of hydrogen-bond donors (Lipinski definition) is 1. The number of rotatable bonds is 6. The maximum absolute atomic E-state index is 14.4. The lowest BCUT2D eigenvalue weighted by molar-refractivity contribution is -0.138. The zero-order chi connectivity index (χ0) is 26.3. The molecule has 0 saturated heterocycles. The van der Waals surface area contributed by atoms with Gasteiger partial charge in [-0.2, -0.15) is 13.2 Å². The van der Waals surface area contributed by atoms with E-state index in [9.17, 15) is 35.2 Å². The van der Waals surface area contributed by atoms with Crippen LogP contribution in [0, 0.1) is 11.6 Å². The Hall–Kier alpha value is -3.67. The maximum Gasteiger partial charge on any atom is 0.416 e. The lowest BCUT2D eigenvalue weighted by atomic mass is 10.0. The predicted molar refractivity (Wildman–Crippen MR) is 119 cm³/mol. The van der Waals surface area contributed by atoms with Gasteiger partial charge in [0.25, 0.3) is 10.0 Å². The average Bonchev–Trinajstić information content (AvgIpc) is 2.83. The number of benzene rings is 3. The van der Waals surface area contributed by atoms with E-state index in [0.29, 0.717) is 6.07 Å². The van der Waals surface area contributed by atoms with Crippen molar-refractivity contribution in [1.82, 2.24) is 0 Å². The van der Waals surface area contributed by atoms with E-state index in [1.54, 1.807) is 0 Å². The van der Waals surface area contributed by atoms with E-state index in [4.69, 9.17) is 9.84 Å². The monoisotopic (exact) mass is 527 g/mol. The highest BCUT2D eigenvalue weighted by molar-refractivity contribution is 7.92. The van der Waals surface area contributed by atoms with Crippen molar-refractivity contribution in [2.45, 2.75) is 30.0 Å². The number of sulfonamides is 1. The van der Waals surface area contributed by atoms with Crippen molar-refractivity contribution in [3.05, 3.63) is 77.9 Å². The Morgan fingerprint density at radius 3 is 2.50 bits per heavy atom. The van der Waals surface area contributed by atoms with E-state index in [1.165, 1.54) is 18.2 Å². The third-order valence-corrected chi connectivity index (χ3v) is 7.34. The van der Waals surface area contributed by atoms with Gasteiger partial charge in [0.1, 0.15) is 23.5 Å². The number of ether oxygens (including phenoxy) is 1. The molecule has 190 valence electrons. The Bertz CT molecular complexity index is 1420. The van der Waals surface area contributed by atoms with Crippen LogP contribution in [0.15, 0.2) is 65.6 Å². The summed E-state index contributed by atoms with van der Waals surface area (Å²) in [6, 6.07) is 9.83. The summed E-state index contributed by atoms with van der Waals surface area (Å²) in [4.78, 5) is 10.4. The Morgan fingerprint density at radius 2 is 1.81 bits per heavy atom. The maximum atomic E-state index is 14.4. The molecule has 1 N–H and O–H groups in total. The third-order valence-electron chi connectivity index (χ3n) is 5.56. The van der Waals surface area contributed by atoms with Crippen LogP contribution in [-0.2, 0) is 21.0 Å². The number of hydrogen-bond acceptors (Lipinski definition) is 4. The van der Waals surface area contributed by atoms with Gasteiger partial charge in [-0.25, -0.2) is 17.2 Å². The first kappa shape index (κ1) is 25.4. The first-order valence-electron chi connectivity index (χ1n) is 10.5. The van der Waals surface area contributed by atoms with Crippen LogP contribution in [0.1, 0.15) is 18.4 Å². The van der Waals surface area contributed by atoms with E-state index < -0.39 is 56.9 Å². The van der Waals surface area contributed by atoms with E-state index in [0.717, 1.165) is 40.7 Å². The van der Waals surface area contributed by atoms with Crippen molar-refractivity contribution < 1.29 is 45.0 Å². The molecule has 1 aliphatic heterocycles. The van der Waals surface area contributed by atoms with E-state index in [-0.39, 0.29) is 35.4 Å². The zero-order valence-electron chi connectivity index (χ0n) is 18.3. The molecule has 4 rings (SSSR count). The zero-order valence-corrected chi connectivity index (χ0v) is 19.1. The first-order chi connectivity index (χ1) is 16.9. The van der Waals surface area contributed by atoms with Crippen molar-refractivity contribution >= 4 is 21.7 Å². The quantitative estimate of drug-likeness (QED) is 0.430. The highest BCUT2D eigenvalue weighted by atomic mass is 32.2. The van der Waals surface area contributed by atoms with Gasteiger partial charge in [0.15, 0.2) is 0 Å². The summed E-state index contributed by atoms with van der Waals surface area (Å²) in [5.41, 5.74) is -1.35. The van der Waals surface area contributed by atoms with Crippen molar-refractivity contribution in [2.24, 2.45) is 0 Å². The van der Waals surface area contributed by atoms with Gasteiger partial charge >= 0.3 is 12.1 Å². The van der Waals surface area contributed by atoms with Crippen LogP contribution in [-0.4, -0.2) is 32.1 Å². The molecule has 0 fully saturated rings. The minimum Gasteiger partial charge on any atom is -0.486 e. The average molecular weight is 527 g/mol. The minimum atomic E-state index is -4.79. The molecule has 0 spiro atoms. The number of halogens is 5. The molecule has 0 unspecified atom stereocenters. The van der Waals surface area contributed by atoms with E-state index in [1.807, 2.05) is 0 Å². The summed E-state index contributed by atoms with van der Waals surface area (Å²) >= 11 is 0. The molecule has 1 heterocycles. The fourth-order valence-electron chi connectivity index (χ4n) is 3.82. The van der Waals surface area contributed by atoms with Crippen LogP contribution >= 0.6 is 0 Å². The van der Waals surface area contributed by atoms with Crippen LogP contribution in [0.2, 0.25) is 0 Å². The summed E-state index contributed by atoms with van der Waals surface area (Å²) in [5.74, 6) is -2.66. The Morgan fingerprint density at radius 1 is 1.06 bits per heavy atom. The second kappa shape index (κ2) is 9.41. The van der Waals surface area contributed by atoms with Gasteiger partial charge in [-0.3, -0.25) is 9.10 Å². The number of anilines is 1. The van der Waals surface area contributed by atoms with Gasteiger partial charge in [0.2, 0.25) is 0 Å². The van der Waals surface area contributed by atoms with Crippen LogP contribution in [0.4, 0.5) is 27.6 Å². The number of fused-ring (bicyclic) bond motifs is 1. The molecule has 0 saturated carbocycles. The second-order valence-electron chi connectivity index (χ2n) is 8.04. The SMILES string of the molecule is O=C(O)CC[C@H]1CN(S(=O)(=O)c2cccc(C(F)(F)F)c2)c2cc(-c3cc(F)ccc3F)ccc2O1. The lowest BCUT2D eigenvalue weighted by Gasteiger charge is -2.36. The Balaban J connectivity index is 1.83. The summed E-state index contributed by atoms with van der Waals surface area (Å²) in [7, 11) is -4.61. The molecule has 0 aliphatic carbocycles. The number of carboxylic acid groups (broad SMARTS) is 1. The number of nitrogens with zero attached hydrogens (tertiary/aromatic N) is 1. The molecule has 6 nitrogen and oxygen atoms in total. The number of carbonyl (C=O) groups is 1. The molecule has 0 radical (unpaired) electrons. The first-order valence-corrected chi connectivity index (χ1v) is 12.0. The van der Waals surface area contributed by atoms with Crippen LogP contribution in [0.5, 0.6) is 5.75 Å². The van der Waals surface area contributed by atoms with Gasteiger partial charge in [-0.05, 0) is 60.5 Å².